The zero-order chi connectivity index (χ0) is 28.9. The molecule has 0 spiro atoms. The summed E-state index contributed by atoms with van der Waals surface area (Å²) < 4.78 is 19.3. The maximum atomic E-state index is 11.5. The van der Waals surface area contributed by atoms with Crippen LogP contribution in [0.15, 0.2) is 89.3 Å². The molecular weight excluding hydrogens is 536 g/mol. The van der Waals surface area contributed by atoms with E-state index >= 15 is 0 Å². The molecule has 42 heavy (non-hydrogen) atoms. The maximum absolute atomic E-state index is 11.5. The minimum atomic E-state index is -1.76. The van der Waals surface area contributed by atoms with Crippen LogP contribution < -0.4 is 9.47 Å². The van der Waals surface area contributed by atoms with Crippen LogP contribution in [0.1, 0.15) is 16.7 Å². The summed E-state index contributed by atoms with van der Waals surface area (Å²) >= 11 is 0. The topological polar surface area (TPSA) is 133 Å². The summed E-state index contributed by atoms with van der Waals surface area (Å²) in [5.41, 5.74) is 5.19. The average Bonchev–Trinajstić information content (AvgIpc) is 3.35. The van der Waals surface area contributed by atoms with Crippen molar-refractivity contribution in [2.45, 2.75) is 12.7 Å². The van der Waals surface area contributed by atoms with Crippen LogP contribution in [-0.4, -0.2) is 25.5 Å². The molecule has 8 heteroatoms. The highest BCUT2D eigenvalue weighted by atomic mass is 16.7. The Morgan fingerprint density at radius 1 is 0.595 bits per heavy atom. The Labute approximate surface area is 238 Å². The van der Waals surface area contributed by atoms with E-state index < -0.39 is 5.79 Å². The van der Waals surface area contributed by atoms with Crippen LogP contribution in [0.5, 0.6) is 40.2 Å². The van der Waals surface area contributed by atoms with Gasteiger partial charge in [-0.25, -0.2) is 0 Å². The van der Waals surface area contributed by atoms with E-state index in [0.717, 1.165) is 16.5 Å². The summed E-state index contributed by atoms with van der Waals surface area (Å²) in [5, 5.41) is 53.7. The summed E-state index contributed by atoms with van der Waals surface area (Å²) in [6.45, 7) is 1.94. The molecule has 8 rings (SSSR count). The van der Waals surface area contributed by atoms with Gasteiger partial charge in [-0.05, 0) is 72.6 Å². The number of benzene rings is 5. The molecule has 2 aliphatic heterocycles. The number of ether oxygens (including phenoxy) is 2. The van der Waals surface area contributed by atoms with Crippen molar-refractivity contribution < 1.29 is 39.4 Å². The first-order valence-corrected chi connectivity index (χ1v) is 13.2. The second-order valence-corrected chi connectivity index (χ2v) is 10.6. The summed E-state index contributed by atoms with van der Waals surface area (Å²) in [7, 11) is 0. The molecule has 1 aromatic heterocycles. The van der Waals surface area contributed by atoms with Gasteiger partial charge >= 0.3 is 5.79 Å². The molecule has 0 aliphatic carbocycles. The van der Waals surface area contributed by atoms with Crippen molar-refractivity contribution in [3.63, 3.8) is 0 Å². The summed E-state index contributed by atoms with van der Waals surface area (Å²) in [5.74, 6) is -1.14. The quantitative estimate of drug-likeness (QED) is 0.150. The molecule has 0 saturated heterocycles. The van der Waals surface area contributed by atoms with Gasteiger partial charge in [-0.2, -0.15) is 0 Å². The fraction of sp³-hybridized carbons (Fsp3) is 0.0588. The maximum Gasteiger partial charge on any atom is 0.310 e. The smallest absolute Gasteiger partial charge is 0.310 e. The van der Waals surface area contributed by atoms with Crippen molar-refractivity contribution >= 4 is 11.0 Å². The lowest BCUT2D eigenvalue weighted by Crippen LogP contribution is -2.45. The predicted octanol–water partition coefficient (Wildman–Crippen LogP) is 7.26. The molecule has 0 amide bonds. The summed E-state index contributed by atoms with van der Waals surface area (Å²) in [4.78, 5) is 0. The van der Waals surface area contributed by atoms with Crippen LogP contribution in [0.4, 0.5) is 0 Å². The third-order valence-corrected chi connectivity index (χ3v) is 7.85. The van der Waals surface area contributed by atoms with Gasteiger partial charge in [0.2, 0.25) is 0 Å². The van der Waals surface area contributed by atoms with Crippen molar-refractivity contribution in [2.24, 2.45) is 0 Å². The Morgan fingerprint density at radius 3 is 2.14 bits per heavy atom. The van der Waals surface area contributed by atoms with Crippen LogP contribution in [-0.2, 0) is 5.79 Å². The number of rotatable bonds is 2. The van der Waals surface area contributed by atoms with Crippen molar-refractivity contribution in [3.05, 3.63) is 102 Å². The molecule has 0 bridgehead atoms. The molecule has 0 saturated carbocycles. The van der Waals surface area contributed by atoms with E-state index in [1.807, 2.05) is 19.1 Å². The van der Waals surface area contributed by atoms with Gasteiger partial charge in [0.15, 0.2) is 0 Å². The lowest BCUT2D eigenvalue weighted by Gasteiger charge is -2.44. The highest BCUT2D eigenvalue weighted by Crippen LogP contribution is 2.60. The van der Waals surface area contributed by atoms with Gasteiger partial charge in [-0.1, -0.05) is 12.1 Å². The number of phenolic OH excluding ortho intramolecular Hbond substituents is 5. The van der Waals surface area contributed by atoms with E-state index in [1.165, 1.54) is 30.3 Å². The highest BCUT2D eigenvalue weighted by Gasteiger charge is 2.52. The molecule has 206 valence electrons. The predicted molar refractivity (Wildman–Crippen MR) is 154 cm³/mol. The second-order valence-electron chi connectivity index (χ2n) is 10.6. The number of hydrogen-bond donors (Lipinski definition) is 5. The molecular formula is C34H22O8. The molecule has 0 fully saturated rings. The second kappa shape index (κ2) is 8.14. The summed E-state index contributed by atoms with van der Waals surface area (Å²) in [6.07, 6.45) is 0. The molecule has 5 N–H and O–H groups in total. The third kappa shape index (κ3) is 3.29. The fourth-order valence-corrected chi connectivity index (χ4v) is 6.10. The van der Waals surface area contributed by atoms with Crippen molar-refractivity contribution in [1.82, 2.24) is 0 Å². The largest absolute Gasteiger partial charge is 0.508 e. The van der Waals surface area contributed by atoms with E-state index in [0.29, 0.717) is 44.9 Å². The number of furan rings is 1. The minimum absolute atomic E-state index is 0.0118. The van der Waals surface area contributed by atoms with Crippen LogP contribution in [0.3, 0.4) is 0 Å². The Kier molecular flexibility index (Phi) is 4.67. The van der Waals surface area contributed by atoms with Gasteiger partial charge in [-0.15, -0.1) is 0 Å². The van der Waals surface area contributed by atoms with Gasteiger partial charge in [0.25, 0.3) is 0 Å². The lowest BCUT2D eigenvalue weighted by molar-refractivity contribution is -0.0893. The van der Waals surface area contributed by atoms with Gasteiger partial charge in [0.1, 0.15) is 51.6 Å². The normalized spacial score (nSPS) is 16.2. The molecule has 0 unspecified atom stereocenters. The average molecular weight is 559 g/mol. The molecule has 1 atom stereocenters. The summed E-state index contributed by atoms with van der Waals surface area (Å²) in [6, 6.07) is 22.8. The molecule has 0 radical (unpaired) electrons. The van der Waals surface area contributed by atoms with E-state index in [4.69, 9.17) is 13.9 Å². The third-order valence-electron chi connectivity index (χ3n) is 7.85. The number of aryl methyl sites for hydroxylation is 1. The van der Waals surface area contributed by atoms with Crippen molar-refractivity contribution in [1.29, 1.82) is 0 Å². The molecule has 3 heterocycles. The Morgan fingerprint density at radius 2 is 1.31 bits per heavy atom. The number of hydrogen-bond acceptors (Lipinski definition) is 8. The van der Waals surface area contributed by atoms with E-state index in [2.05, 4.69) is 0 Å². The van der Waals surface area contributed by atoms with Gasteiger partial charge < -0.3 is 39.4 Å². The van der Waals surface area contributed by atoms with E-state index in [-0.39, 0.29) is 40.1 Å². The number of phenols is 5. The van der Waals surface area contributed by atoms with Crippen molar-refractivity contribution in [2.75, 3.05) is 0 Å². The molecule has 6 aromatic rings. The number of aromatic hydroxyl groups is 5. The van der Waals surface area contributed by atoms with Crippen LogP contribution in [0.25, 0.3) is 44.5 Å². The first-order chi connectivity index (χ1) is 20.2. The Bertz CT molecular complexity index is 2130. The molecule has 8 nitrogen and oxygen atoms in total. The molecule has 2 aliphatic rings. The van der Waals surface area contributed by atoms with Gasteiger partial charge in [0, 0.05) is 40.3 Å². The Balaban J connectivity index is 1.44. The molecule has 5 aromatic carbocycles. The van der Waals surface area contributed by atoms with Crippen LogP contribution in [0.2, 0.25) is 0 Å². The first-order valence-electron chi connectivity index (χ1n) is 13.2. The van der Waals surface area contributed by atoms with E-state index in [1.54, 1.807) is 42.5 Å². The zero-order valence-electron chi connectivity index (χ0n) is 22.0. The van der Waals surface area contributed by atoms with Crippen molar-refractivity contribution in [3.8, 4) is 73.8 Å². The zero-order valence-corrected chi connectivity index (χ0v) is 22.0. The van der Waals surface area contributed by atoms with Gasteiger partial charge in [0.05, 0.1) is 16.7 Å². The lowest BCUT2D eigenvalue weighted by atomic mass is 9.78. The Hall–Kier alpha value is -5.76. The SMILES string of the molecule is Cc1cc2c3c(c1)-c1c(O)cc(-c4cc5ccc(O)cc5o4)cc1O[C@]3(c1ccc(O)cc1O)Oc1cc(O)ccc1-2. The van der Waals surface area contributed by atoms with Gasteiger partial charge in [-0.3, -0.25) is 0 Å². The first kappa shape index (κ1) is 24.1. The highest BCUT2D eigenvalue weighted by molar-refractivity contribution is 5.93. The minimum Gasteiger partial charge on any atom is -0.508 e. The van der Waals surface area contributed by atoms with Crippen LogP contribution in [0, 0.1) is 6.92 Å². The monoisotopic (exact) mass is 558 g/mol. The van der Waals surface area contributed by atoms with Crippen LogP contribution >= 0.6 is 0 Å². The van der Waals surface area contributed by atoms with E-state index in [9.17, 15) is 25.5 Å². The standard InChI is InChI=1S/C34H22O8/c1-16-8-23-22-6-4-21(37)15-30(22)41-34(25-7-5-19(35)13-26(25)38)33(23)24(9-16)32-27(39)10-18(12-31(32)42-34)28-11-17-2-3-20(36)14-29(17)40-28/h2-15,35-39H,1H3/t34-/m0/s1. The number of fused-ring (bicyclic) bond motifs is 5. The fourth-order valence-electron chi connectivity index (χ4n) is 6.10.